The van der Waals surface area contributed by atoms with Crippen LogP contribution in [0.4, 0.5) is 0 Å². The number of ether oxygens (including phenoxy) is 4. The zero-order chi connectivity index (χ0) is 23.5. The number of carbonyl (C=O) groups excluding carboxylic acids is 1. The van der Waals surface area contributed by atoms with E-state index in [0.29, 0.717) is 29.9 Å². The molecule has 1 saturated heterocycles. The van der Waals surface area contributed by atoms with Gasteiger partial charge in [0.15, 0.2) is 5.79 Å². The van der Waals surface area contributed by atoms with Crippen molar-refractivity contribution in [3.05, 3.63) is 47.1 Å². The summed E-state index contributed by atoms with van der Waals surface area (Å²) in [5.74, 6) is -0.611. The molecule has 0 saturated carbocycles. The van der Waals surface area contributed by atoms with Crippen LogP contribution in [-0.4, -0.2) is 47.9 Å². The molecule has 0 amide bonds. The Bertz CT molecular complexity index is 871. The SMILES string of the molecule is CCCOc1ccc(C)c2c1/C=C/C[C@@H]1OC(C)(C)O[C@@H]1C(O)/C=C\[C@@H](C)[C@H](C)OC2=O. The number of hydrogen-bond donors (Lipinski definition) is 1. The Morgan fingerprint density at radius 2 is 1.94 bits per heavy atom. The second kappa shape index (κ2) is 10.2. The summed E-state index contributed by atoms with van der Waals surface area (Å²) >= 11 is 0. The lowest BCUT2D eigenvalue weighted by Gasteiger charge is -2.23. The Morgan fingerprint density at radius 3 is 2.66 bits per heavy atom. The number of hydrogen-bond acceptors (Lipinski definition) is 6. The van der Waals surface area contributed by atoms with Crippen LogP contribution in [0.3, 0.4) is 0 Å². The minimum Gasteiger partial charge on any atom is -0.493 e. The summed E-state index contributed by atoms with van der Waals surface area (Å²) in [6.45, 7) is 12.0. The summed E-state index contributed by atoms with van der Waals surface area (Å²) in [6, 6.07) is 3.78. The average molecular weight is 445 g/mol. The fourth-order valence-electron chi connectivity index (χ4n) is 4.03. The molecule has 1 unspecified atom stereocenters. The normalized spacial score (nSPS) is 32.2. The molecule has 5 atom stereocenters. The van der Waals surface area contributed by atoms with Crippen molar-refractivity contribution in [3.8, 4) is 5.75 Å². The summed E-state index contributed by atoms with van der Waals surface area (Å²) in [7, 11) is 0. The van der Waals surface area contributed by atoms with Gasteiger partial charge in [-0.05, 0) is 52.2 Å². The van der Waals surface area contributed by atoms with E-state index in [1.54, 1.807) is 6.08 Å². The molecule has 0 aromatic heterocycles. The molecule has 0 spiro atoms. The van der Waals surface area contributed by atoms with E-state index in [1.165, 1.54) is 0 Å². The first-order valence-electron chi connectivity index (χ1n) is 11.5. The number of fused-ring (bicyclic) bond motifs is 2. The number of aliphatic hydroxyl groups is 1. The summed E-state index contributed by atoms with van der Waals surface area (Å²) < 4.78 is 23.8. The van der Waals surface area contributed by atoms with E-state index in [0.717, 1.165) is 12.0 Å². The lowest BCUT2D eigenvalue weighted by atomic mass is 9.97. The highest BCUT2D eigenvalue weighted by Gasteiger charge is 2.43. The fourth-order valence-corrected chi connectivity index (χ4v) is 4.03. The van der Waals surface area contributed by atoms with Crippen LogP contribution in [0, 0.1) is 12.8 Å². The topological polar surface area (TPSA) is 74.2 Å². The van der Waals surface area contributed by atoms with Crippen LogP contribution in [0.15, 0.2) is 30.4 Å². The molecule has 0 aliphatic carbocycles. The van der Waals surface area contributed by atoms with E-state index >= 15 is 0 Å². The number of carbonyl (C=O) groups is 1. The minimum absolute atomic E-state index is 0.0934. The van der Waals surface area contributed by atoms with Crippen LogP contribution in [0.1, 0.15) is 68.9 Å². The third-order valence-corrected chi connectivity index (χ3v) is 5.94. The predicted molar refractivity (Wildman–Crippen MR) is 124 cm³/mol. The van der Waals surface area contributed by atoms with Gasteiger partial charge < -0.3 is 24.1 Å². The highest BCUT2D eigenvalue weighted by atomic mass is 16.8. The molecule has 32 heavy (non-hydrogen) atoms. The van der Waals surface area contributed by atoms with Crippen LogP contribution in [0.5, 0.6) is 5.75 Å². The van der Waals surface area contributed by atoms with Gasteiger partial charge in [-0.2, -0.15) is 0 Å². The summed E-state index contributed by atoms with van der Waals surface area (Å²) in [5, 5.41) is 10.8. The first-order valence-corrected chi connectivity index (χ1v) is 11.5. The Labute approximate surface area is 191 Å². The summed E-state index contributed by atoms with van der Waals surface area (Å²) in [5.41, 5.74) is 2.04. The monoisotopic (exact) mass is 444 g/mol. The van der Waals surface area contributed by atoms with E-state index in [1.807, 2.05) is 71.9 Å². The van der Waals surface area contributed by atoms with Crippen LogP contribution in [0.25, 0.3) is 6.08 Å². The zero-order valence-corrected chi connectivity index (χ0v) is 20.0. The van der Waals surface area contributed by atoms with Crippen LogP contribution in [-0.2, 0) is 14.2 Å². The van der Waals surface area contributed by atoms with Crippen LogP contribution >= 0.6 is 0 Å². The van der Waals surface area contributed by atoms with Crippen LogP contribution in [0.2, 0.25) is 0 Å². The maximum atomic E-state index is 13.2. The van der Waals surface area contributed by atoms with Gasteiger partial charge in [-0.3, -0.25) is 0 Å². The Hall–Kier alpha value is -2.15. The van der Waals surface area contributed by atoms with E-state index in [4.69, 9.17) is 18.9 Å². The van der Waals surface area contributed by atoms with Gasteiger partial charge in [-0.1, -0.05) is 44.2 Å². The van der Waals surface area contributed by atoms with E-state index in [9.17, 15) is 9.90 Å². The quantitative estimate of drug-likeness (QED) is 0.532. The molecule has 3 rings (SSSR count). The van der Waals surface area contributed by atoms with E-state index in [2.05, 4.69) is 0 Å². The standard InChI is InChI=1S/C26H36O6/c1-7-15-29-21-14-12-17(3)23-19(21)9-8-10-22-24(32-26(5,6)31-22)20(27)13-11-16(2)18(4)30-25(23)28/h8-9,11-14,16,18,20,22,24,27H,7,10,15H2,1-6H3/b9-8+,13-11-/t16-,18+,20?,22+,24-/m1/s1. The average Bonchev–Trinajstić information content (AvgIpc) is 3.04. The number of aryl methyl sites for hydroxylation is 1. The van der Waals surface area contributed by atoms with Crippen molar-refractivity contribution >= 4 is 12.0 Å². The van der Waals surface area contributed by atoms with Gasteiger partial charge in [0.05, 0.1) is 18.3 Å². The molecule has 2 aliphatic rings. The van der Waals surface area contributed by atoms with Crippen molar-refractivity contribution in [1.29, 1.82) is 0 Å². The molecule has 1 aromatic carbocycles. The number of aliphatic hydroxyl groups excluding tert-OH is 1. The maximum Gasteiger partial charge on any atom is 0.339 e. The molecule has 0 bridgehead atoms. The first kappa shape index (κ1) is 24.5. The fraction of sp³-hybridized carbons (Fsp3) is 0.577. The Balaban J connectivity index is 2.05. The molecule has 6 heteroatoms. The molecule has 1 N–H and O–H groups in total. The number of benzene rings is 1. The van der Waals surface area contributed by atoms with Gasteiger partial charge in [0.2, 0.25) is 0 Å². The van der Waals surface area contributed by atoms with Crippen molar-refractivity contribution in [2.24, 2.45) is 5.92 Å². The van der Waals surface area contributed by atoms with Crippen molar-refractivity contribution in [3.63, 3.8) is 0 Å². The summed E-state index contributed by atoms with van der Waals surface area (Å²) in [4.78, 5) is 13.2. The smallest absolute Gasteiger partial charge is 0.339 e. The first-order chi connectivity index (χ1) is 15.1. The molecule has 1 fully saturated rings. The highest BCUT2D eigenvalue weighted by Crippen LogP contribution is 2.34. The van der Waals surface area contributed by atoms with E-state index < -0.39 is 18.0 Å². The second-order valence-electron chi connectivity index (χ2n) is 9.14. The van der Waals surface area contributed by atoms with Crippen molar-refractivity contribution in [2.75, 3.05) is 6.61 Å². The predicted octanol–water partition coefficient (Wildman–Crippen LogP) is 4.82. The molecule has 6 nitrogen and oxygen atoms in total. The number of esters is 1. The van der Waals surface area contributed by atoms with Gasteiger partial charge in [0, 0.05) is 11.5 Å². The van der Waals surface area contributed by atoms with Gasteiger partial charge in [0.1, 0.15) is 24.1 Å². The third kappa shape index (κ3) is 5.61. The molecule has 0 radical (unpaired) electrons. The molecular weight excluding hydrogens is 408 g/mol. The Morgan fingerprint density at radius 1 is 1.19 bits per heavy atom. The lowest BCUT2D eigenvalue weighted by Crippen LogP contribution is -2.34. The Kier molecular flexibility index (Phi) is 7.80. The van der Waals surface area contributed by atoms with Crippen molar-refractivity contribution < 1.29 is 28.8 Å². The van der Waals surface area contributed by atoms with Gasteiger partial charge in [-0.15, -0.1) is 0 Å². The lowest BCUT2D eigenvalue weighted by molar-refractivity contribution is -0.152. The molecule has 1 aromatic rings. The van der Waals surface area contributed by atoms with Crippen molar-refractivity contribution in [1.82, 2.24) is 0 Å². The zero-order valence-electron chi connectivity index (χ0n) is 20.0. The molecule has 2 heterocycles. The summed E-state index contributed by atoms with van der Waals surface area (Å²) in [6.07, 6.45) is 6.76. The van der Waals surface area contributed by atoms with E-state index in [-0.39, 0.29) is 24.1 Å². The minimum atomic E-state index is -0.832. The second-order valence-corrected chi connectivity index (χ2v) is 9.14. The third-order valence-electron chi connectivity index (χ3n) is 5.94. The number of cyclic esters (lactones) is 1. The largest absolute Gasteiger partial charge is 0.493 e. The molecular formula is C26H36O6. The maximum absolute atomic E-state index is 13.2. The number of rotatable bonds is 3. The van der Waals surface area contributed by atoms with Gasteiger partial charge in [-0.25, -0.2) is 4.79 Å². The molecule has 2 aliphatic heterocycles. The highest BCUT2D eigenvalue weighted by molar-refractivity contribution is 5.96. The van der Waals surface area contributed by atoms with Crippen molar-refractivity contribution in [2.45, 2.75) is 84.6 Å². The molecule has 176 valence electrons. The van der Waals surface area contributed by atoms with Gasteiger partial charge >= 0.3 is 5.97 Å². The van der Waals surface area contributed by atoms with Gasteiger partial charge in [0.25, 0.3) is 0 Å². The van der Waals surface area contributed by atoms with Crippen LogP contribution < -0.4 is 4.74 Å².